The van der Waals surface area contributed by atoms with Crippen molar-refractivity contribution < 1.29 is 24.1 Å². The van der Waals surface area contributed by atoms with Crippen LogP contribution in [0.25, 0.3) is 11.8 Å². The smallest absolute Gasteiger partial charge is 0.203 e. The van der Waals surface area contributed by atoms with Crippen LogP contribution in [0, 0.1) is 0 Å². The van der Waals surface area contributed by atoms with Crippen molar-refractivity contribution in [1.82, 2.24) is 0 Å². The molecule has 2 aromatic rings. The second-order valence-electron chi connectivity index (χ2n) is 5.09. The molecule has 0 atom stereocenters. The minimum Gasteiger partial charge on any atom is -0.507 e. The van der Waals surface area contributed by atoms with Crippen LogP contribution in [0.1, 0.15) is 11.1 Å². The molecule has 130 valence electrons. The molecule has 0 saturated carbocycles. The normalized spacial score (nSPS) is 11.4. The Kier molecular flexibility index (Phi) is 6.23. The number of carbonyl (C=O) groups is 1. The predicted molar refractivity (Wildman–Crippen MR) is 97.2 cm³/mol. The maximum absolute atomic E-state index is 12.0. The van der Waals surface area contributed by atoms with Crippen LogP contribution in [0.5, 0.6) is 17.2 Å². The molecule has 0 aromatic heterocycles. The number of rotatable bonds is 7. The number of aliphatic hydroxyl groups is 1. The first-order chi connectivity index (χ1) is 12.1. The summed E-state index contributed by atoms with van der Waals surface area (Å²) in [6.07, 6.45) is 4.14. The Hall–Kier alpha value is -3.21. The van der Waals surface area contributed by atoms with Gasteiger partial charge in [0.05, 0.1) is 21.3 Å². The fourth-order valence-electron chi connectivity index (χ4n) is 2.25. The minimum absolute atomic E-state index is 0.0832. The standard InChI is InChI=1S/C20H20O5/c1-23-18-11-14(12-19(24-2)20(18)25-3)9-10-16(21)13-17(22)15-7-5-4-6-8-15/h4-13,22H,1-3H3/b10-9+,17-13-. The minimum atomic E-state index is -0.338. The van der Waals surface area contributed by atoms with Crippen LogP contribution < -0.4 is 14.2 Å². The van der Waals surface area contributed by atoms with E-state index in [-0.39, 0.29) is 11.5 Å². The first kappa shape index (κ1) is 18.1. The van der Waals surface area contributed by atoms with Gasteiger partial charge in [0.2, 0.25) is 5.75 Å². The Bertz CT molecular complexity index is 766. The summed E-state index contributed by atoms with van der Waals surface area (Å²) in [7, 11) is 4.57. The molecule has 0 aliphatic heterocycles. The molecule has 5 nitrogen and oxygen atoms in total. The SMILES string of the molecule is COc1cc(/C=C/C(=O)/C=C(\O)c2ccccc2)cc(OC)c1OC. The van der Waals surface area contributed by atoms with E-state index in [2.05, 4.69) is 0 Å². The third-order valence-corrected chi connectivity index (χ3v) is 3.48. The summed E-state index contributed by atoms with van der Waals surface area (Å²) in [4.78, 5) is 12.0. The topological polar surface area (TPSA) is 65.0 Å². The molecule has 0 amide bonds. The Balaban J connectivity index is 2.22. The van der Waals surface area contributed by atoms with Crippen LogP contribution in [0.15, 0.2) is 54.6 Å². The first-order valence-corrected chi connectivity index (χ1v) is 7.57. The fourth-order valence-corrected chi connectivity index (χ4v) is 2.25. The van der Waals surface area contributed by atoms with Crippen molar-refractivity contribution in [1.29, 1.82) is 0 Å². The Morgan fingerprint density at radius 3 is 2.08 bits per heavy atom. The van der Waals surface area contributed by atoms with Crippen LogP contribution in [0.3, 0.4) is 0 Å². The van der Waals surface area contributed by atoms with Crippen molar-refractivity contribution in [2.45, 2.75) is 0 Å². The van der Waals surface area contributed by atoms with E-state index >= 15 is 0 Å². The molecule has 0 fully saturated rings. The summed E-state index contributed by atoms with van der Waals surface area (Å²) in [5.74, 6) is 1.05. The van der Waals surface area contributed by atoms with E-state index in [4.69, 9.17) is 14.2 Å². The van der Waals surface area contributed by atoms with E-state index in [9.17, 15) is 9.90 Å². The lowest BCUT2D eigenvalue weighted by molar-refractivity contribution is -0.110. The van der Waals surface area contributed by atoms with E-state index in [1.165, 1.54) is 33.5 Å². The van der Waals surface area contributed by atoms with Gasteiger partial charge in [0, 0.05) is 11.6 Å². The number of hydrogen-bond acceptors (Lipinski definition) is 5. The highest BCUT2D eigenvalue weighted by atomic mass is 16.5. The lowest BCUT2D eigenvalue weighted by Gasteiger charge is -2.12. The van der Waals surface area contributed by atoms with E-state index in [1.54, 1.807) is 42.5 Å². The molecule has 0 saturated heterocycles. The van der Waals surface area contributed by atoms with Crippen molar-refractivity contribution >= 4 is 17.6 Å². The van der Waals surface area contributed by atoms with Gasteiger partial charge < -0.3 is 19.3 Å². The number of methoxy groups -OCH3 is 3. The molecule has 0 spiro atoms. The number of ether oxygens (including phenoxy) is 3. The molecule has 0 bridgehead atoms. The number of ketones is 1. The number of benzene rings is 2. The van der Waals surface area contributed by atoms with Crippen molar-refractivity contribution in [3.63, 3.8) is 0 Å². The van der Waals surface area contributed by atoms with E-state index < -0.39 is 0 Å². The van der Waals surface area contributed by atoms with Gasteiger partial charge in [-0.3, -0.25) is 4.79 Å². The molecule has 2 aromatic carbocycles. The molecule has 0 heterocycles. The lowest BCUT2D eigenvalue weighted by atomic mass is 10.1. The molecule has 2 rings (SSSR count). The van der Waals surface area contributed by atoms with E-state index in [0.29, 0.717) is 28.4 Å². The lowest BCUT2D eigenvalue weighted by Crippen LogP contribution is -1.96. The van der Waals surface area contributed by atoms with E-state index in [1.807, 2.05) is 6.07 Å². The van der Waals surface area contributed by atoms with Gasteiger partial charge in [0.1, 0.15) is 5.76 Å². The zero-order chi connectivity index (χ0) is 18.2. The van der Waals surface area contributed by atoms with Crippen molar-refractivity contribution in [2.75, 3.05) is 21.3 Å². The second kappa shape index (κ2) is 8.59. The average molecular weight is 340 g/mol. The Morgan fingerprint density at radius 1 is 0.960 bits per heavy atom. The van der Waals surface area contributed by atoms with Gasteiger partial charge >= 0.3 is 0 Å². The summed E-state index contributed by atoms with van der Waals surface area (Å²) in [5, 5.41) is 9.97. The van der Waals surface area contributed by atoms with Gasteiger partial charge in [-0.05, 0) is 23.8 Å². The zero-order valence-corrected chi connectivity index (χ0v) is 14.4. The molecular formula is C20H20O5. The third kappa shape index (κ3) is 4.64. The van der Waals surface area contributed by atoms with Gasteiger partial charge in [-0.15, -0.1) is 0 Å². The van der Waals surface area contributed by atoms with Crippen molar-refractivity contribution in [2.24, 2.45) is 0 Å². The maximum atomic E-state index is 12.0. The number of carbonyl (C=O) groups excluding carboxylic acids is 1. The third-order valence-electron chi connectivity index (χ3n) is 3.48. The van der Waals surface area contributed by atoms with Crippen LogP contribution in [-0.2, 0) is 4.79 Å². The fraction of sp³-hybridized carbons (Fsp3) is 0.150. The maximum Gasteiger partial charge on any atom is 0.203 e. The molecule has 25 heavy (non-hydrogen) atoms. The van der Waals surface area contributed by atoms with Crippen LogP contribution in [-0.4, -0.2) is 32.2 Å². The highest BCUT2D eigenvalue weighted by molar-refractivity contribution is 6.05. The van der Waals surface area contributed by atoms with Gasteiger partial charge in [0.15, 0.2) is 17.3 Å². The summed E-state index contributed by atoms with van der Waals surface area (Å²) in [5.41, 5.74) is 1.28. The van der Waals surface area contributed by atoms with Gasteiger partial charge in [-0.2, -0.15) is 0 Å². The molecular weight excluding hydrogens is 320 g/mol. The zero-order valence-electron chi connectivity index (χ0n) is 14.4. The summed E-state index contributed by atoms with van der Waals surface area (Å²) < 4.78 is 15.8. The Morgan fingerprint density at radius 2 is 1.56 bits per heavy atom. The van der Waals surface area contributed by atoms with Crippen LogP contribution >= 0.6 is 0 Å². The first-order valence-electron chi connectivity index (χ1n) is 7.57. The van der Waals surface area contributed by atoms with Crippen LogP contribution in [0.4, 0.5) is 0 Å². The molecule has 0 radical (unpaired) electrons. The quantitative estimate of drug-likeness (QED) is 0.612. The molecule has 1 N–H and O–H groups in total. The number of hydrogen-bond donors (Lipinski definition) is 1. The van der Waals surface area contributed by atoms with Crippen molar-refractivity contribution in [3.8, 4) is 17.2 Å². The highest BCUT2D eigenvalue weighted by Gasteiger charge is 2.12. The molecule has 0 aliphatic rings. The van der Waals surface area contributed by atoms with Gasteiger partial charge in [-0.25, -0.2) is 0 Å². The largest absolute Gasteiger partial charge is 0.507 e. The highest BCUT2D eigenvalue weighted by Crippen LogP contribution is 2.38. The van der Waals surface area contributed by atoms with Crippen LogP contribution in [0.2, 0.25) is 0 Å². The van der Waals surface area contributed by atoms with Gasteiger partial charge in [-0.1, -0.05) is 36.4 Å². The average Bonchev–Trinajstić information content (AvgIpc) is 2.65. The van der Waals surface area contributed by atoms with Gasteiger partial charge in [0.25, 0.3) is 0 Å². The monoisotopic (exact) mass is 340 g/mol. The molecule has 5 heteroatoms. The second-order valence-corrected chi connectivity index (χ2v) is 5.09. The molecule has 0 unspecified atom stereocenters. The Labute approximate surface area is 146 Å². The van der Waals surface area contributed by atoms with Crippen molar-refractivity contribution in [3.05, 3.63) is 65.7 Å². The number of aliphatic hydroxyl groups excluding tert-OH is 1. The van der Waals surface area contributed by atoms with E-state index in [0.717, 1.165) is 0 Å². The summed E-state index contributed by atoms with van der Waals surface area (Å²) in [6, 6.07) is 12.3. The predicted octanol–water partition coefficient (Wildman–Crippen LogP) is 3.89. The molecule has 0 aliphatic carbocycles. The summed E-state index contributed by atoms with van der Waals surface area (Å²) >= 11 is 0. The number of allylic oxidation sites excluding steroid dienone is 2. The summed E-state index contributed by atoms with van der Waals surface area (Å²) in [6.45, 7) is 0.